The summed E-state index contributed by atoms with van der Waals surface area (Å²) in [6.45, 7) is 7.64. The summed E-state index contributed by atoms with van der Waals surface area (Å²) in [5.74, 6) is -0.391. The molecule has 0 atom stereocenters. The molecule has 0 radical (unpaired) electrons. The maximum absolute atomic E-state index is 11.3. The van der Waals surface area contributed by atoms with Crippen LogP contribution in [0.5, 0.6) is 0 Å². The summed E-state index contributed by atoms with van der Waals surface area (Å²) in [4.78, 5) is 15.7. The first-order valence-electron chi connectivity index (χ1n) is 6.47. The molecule has 2 aromatic rings. The molecule has 0 aliphatic rings. The summed E-state index contributed by atoms with van der Waals surface area (Å²) in [7, 11) is 0. The van der Waals surface area contributed by atoms with E-state index in [-0.39, 0.29) is 0 Å². The van der Waals surface area contributed by atoms with E-state index in [0.29, 0.717) is 11.6 Å². The second-order valence-electron chi connectivity index (χ2n) is 5.73. The molecular formula is C16H19NO2. The minimum absolute atomic E-state index is 0.472. The van der Waals surface area contributed by atoms with Crippen LogP contribution in [0.3, 0.4) is 0 Å². The molecule has 3 nitrogen and oxygen atoms in total. The lowest BCUT2D eigenvalue weighted by atomic mass is 9.88. The van der Waals surface area contributed by atoms with E-state index in [1.165, 1.54) is 5.56 Å². The fraction of sp³-hybridized carbons (Fsp3) is 0.375. The Kier molecular flexibility index (Phi) is 3.31. The van der Waals surface area contributed by atoms with Crippen LogP contribution < -0.4 is 0 Å². The molecule has 1 heterocycles. The summed E-state index contributed by atoms with van der Waals surface area (Å²) >= 11 is 0. The molecule has 1 aromatic carbocycles. The highest BCUT2D eigenvalue weighted by atomic mass is 16.4. The average molecular weight is 257 g/mol. The summed E-state index contributed by atoms with van der Waals surface area (Å²) in [6.07, 6.45) is 0. The number of aliphatic carboxylic acids is 1. The van der Waals surface area contributed by atoms with Crippen LogP contribution in [-0.4, -0.2) is 16.1 Å². The van der Waals surface area contributed by atoms with Gasteiger partial charge in [-0.2, -0.15) is 0 Å². The molecule has 0 saturated heterocycles. The predicted molar refractivity (Wildman–Crippen MR) is 76.5 cm³/mol. The van der Waals surface area contributed by atoms with Gasteiger partial charge in [0.25, 0.3) is 0 Å². The largest absolute Gasteiger partial charge is 0.481 e. The number of hydrogen-bond acceptors (Lipinski definition) is 2. The molecule has 0 aliphatic heterocycles. The van der Waals surface area contributed by atoms with E-state index in [0.717, 1.165) is 10.9 Å². The Balaban J connectivity index is 2.54. The van der Waals surface area contributed by atoms with Gasteiger partial charge in [-0.15, -0.1) is 0 Å². The van der Waals surface area contributed by atoms with Crippen LogP contribution in [0, 0.1) is 0 Å². The van der Waals surface area contributed by atoms with Crippen LogP contribution >= 0.6 is 0 Å². The van der Waals surface area contributed by atoms with Crippen LogP contribution in [0.2, 0.25) is 0 Å². The number of carboxylic acid groups (broad SMARTS) is 1. The van der Waals surface area contributed by atoms with Crippen molar-refractivity contribution in [3.63, 3.8) is 0 Å². The van der Waals surface area contributed by atoms with Crippen LogP contribution in [0.4, 0.5) is 0 Å². The van der Waals surface area contributed by atoms with Gasteiger partial charge in [0.1, 0.15) is 5.41 Å². The van der Waals surface area contributed by atoms with Crippen molar-refractivity contribution in [2.75, 3.05) is 0 Å². The smallest absolute Gasteiger partial charge is 0.315 e. The van der Waals surface area contributed by atoms with Gasteiger partial charge in [0.2, 0.25) is 0 Å². The Labute approximate surface area is 113 Å². The van der Waals surface area contributed by atoms with Crippen molar-refractivity contribution in [1.82, 2.24) is 4.98 Å². The lowest BCUT2D eigenvalue weighted by molar-refractivity contribution is -0.142. The minimum Gasteiger partial charge on any atom is -0.481 e. The molecule has 100 valence electrons. The van der Waals surface area contributed by atoms with Gasteiger partial charge in [-0.3, -0.25) is 9.78 Å². The first kappa shape index (κ1) is 13.5. The molecule has 0 spiro atoms. The molecule has 0 aliphatic carbocycles. The summed E-state index contributed by atoms with van der Waals surface area (Å²) in [6, 6.07) is 9.89. The lowest BCUT2D eigenvalue weighted by Crippen LogP contribution is -2.29. The molecule has 0 saturated carbocycles. The highest BCUT2D eigenvalue weighted by Gasteiger charge is 2.31. The van der Waals surface area contributed by atoms with E-state index in [1.807, 2.05) is 12.1 Å². The highest BCUT2D eigenvalue weighted by Crippen LogP contribution is 2.26. The number of pyridine rings is 1. The first-order valence-corrected chi connectivity index (χ1v) is 6.47. The third-order valence-corrected chi connectivity index (χ3v) is 3.55. The number of aromatic nitrogens is 1. The van der Waals surface area contributed by atoms with Crippen LogP contribution in [0.15, 0.2) is 30.3 Å². The van der Waals surface area contributed by atoms with Crippen molar-refractivity contribution in [2.24, 2.45) is 0 Å². The summed E-state index contributed by atoms with van der Waals surface area (Å²) in [5.41, 5.74) is 1.73. The zero-order valence-corrected chi connectivity index (χ0v) is 11.8. The number of rotatable bonds is 3. The zero-order valence-electron chi connectivity index (χ0n) is 11.8. The van der Waals surface area contributed by atoms with E-state index >= 15 is 0 Å². The third-order valence-electron chi connectivity index (χ3n) is 3.55. The van der Waals surface area contributed by atoms with E-state index in [1.54, 1.807) is 19.9 Å². The molecule has 3 heteroatoms. The van der Waals surface area contributed by atoms with Crippen molar-refractivity contribution >= 4 is 16.9 Å². The number of benzene rings is 1. The standard InChI is InChI=1S/C16H19NO2/c1-10(2)11-5-7-13-12(9-11)6-8-14(17-13)16(3,4)15(18)19/h5-10H,1-4H3,(H,18,19). The van der Waals surface area contributed by atoms with Crippen molar-refractivity contribution in [1.29, 1.82) is 0 Å². The normalized spacial score (nSPS) is 12.1. The lowest BCUT2D eigenvalue weighted by Gasteiger charge is -2.19. The summed E-state index contributed by atoms with van der Waals surface area (Å²) in [5, 5.41) is 10.3. The van der Waals surface area contributed by atoms with Crippen LogP contribution in [0.1, 0.15) is 44.9 Å². The van der Waals surface area contributed by atoms with Gasteiger partial charge in [-0.1, -0.05) is 26.0 Å². The maximum atomic E-state index is 11.3. The molecule has 1 N–H and O–H groups in total. The number of carbonyl (C=O) groups is 1. The number of hydrogen-bond donors (Lipinski definition) is 1. The first-order chi connectivity index (χ1) is 8.82. The molecule has 0 fully saturated rings. The number of fused-ring (bicyclic) bond motifs is 1. The van der Waals surface area contributed by atoms with Gasteiger partial charge in [0, 0.05) is 5.39 Å². The summed E-state index contributed by atoms with van der Waals surface area (Å²) < 4.78 is 0. The molecule has 0 unspecified atom stereocenters. The second kappa shape index (κ2) is 4.65. The van der Waals surface area contributed by atoms with Gasteiger partial charge in [0.05, 0.1) is 11.2 Å². The maximum Gasteiger partial charge on any atom is 0.315 e. The minimum atomic E-state index is -0.967. The molecule has 2 rings (SSSR count). The topological polar surface area (TPSA) is 50.2 Å². The van der Waals surface area contributed by atoms with E-state index < -0.39 is 11.4 Å². The quantitative estimate of drug-likeness (QED) is 0.911. The molecule has 19 heavy (non-hydrogen) atoms. The average Bonchev–Trinajstić information content (AvgIpc) is 2.37. The van der Waals surface area contributed by atoms with Crippen molar-refractivity contribution in [3.8, 4) is 0 Å². The SMILES string of the molecule is CC(C)c1ccc2nc(C(C)(C)C(=O)O)ccc2c1. The van der Waals surface area contributed by atoms with Gasteiger partial charge >= 0.3 is 5.97 Å². The third kappa shape index (κ3) is 2.46. The monoisotopic (exact) mass is 257 g/mol. The van der Waals surface area contributed by atoms with E-state index in [4.69, 9.17) is 0 Å². The Morgan fingerprint density at radius 3 is 2.47 bits per heavy atom. The van der Waals surface area contributed by atoms with Gasteiger partial charge in [0.15, 0.2) is 0 Å². The molecule has 1 aromatic heterocycles. The number of nitrogens with zero attached hydrogens (tertiary/aromatic N) is 1. The van der Waals surface area contributed by atoms with Crippen LogP contribution in [-0.2, 0) is 10.2 Å². The fourth-order valence-corrected chi connectivity index (χ4v) is 1.96. The van der Waals surface area contributed by atoms with Crippen molar-refractivity contribution in [3.05, 3.63) is 41.6 Å². The zero-order chi connectivity index (χ0) is 14.2. The molecule has 0 amide bonds. The second-order valence-corrected chi connectivity index (χ2v) is 5.73. The Bertz CT molecular complexity index is 630. The Morgan fingerprint density at radius 2 is 1.89 bits per heavy atom. The van der Waals surface area contributed by atoms with Gasteiger partial charge in [-0.25, -0.2) is 0 Å². The molecule has 0 bridgehead atoms. The molecular weight excluding hydrogens is 238 g/mol. The van der Waals surface area contributed by atoms with E-state index in [2.05, 4.69) is 31.0 Å². The Morgan fingerprint density at radius 1 is 1.21 bits per heavy atom. The van der Waals surface area contributed by atoms with E-state index in [9.17, 15) is 9.90 Å². The van der Waals surface area contributed by atoms with Crippen molar-refractivity contribution < 1.29 is 9.90 Å². The van der Waals surface area contributed by atoms with Crippen molar-refractivity contribution in [2.45, 2.75) is 39.0 Å². The van der Waals surface area contributed by atoms with Gasteiger partial charge in [-0.05, 0) is 43.5 Å². The predicted octanol–water partition coefficient (Wildman–Crippen LogP) is 3.72. The Hall–Kier alpha value is -1.90. The van der Waals surface area contributed by atoms with Gasteiger partial charge < -0.3 is 5.11 Å². The fourth-order valence-electron chi connectivity index (χ4n) is 1.96. The van der Waals surface area contributed by atoms with Crippen LogP contribution in [0.25, 0.3) is 10.9 Å². The highest BCUT2D eigenvalue weighted by molar-refractivity contribution is 5.83. The number of carboxylic acids is 1.